The van der Waals surface area contributed by atoms with Crippen molar-refractivity contribution in [2.24, 2.45) is 0 Å². The lowest BCUT2D eigenvalue weighted by atomic mass is 10.0. The molecule has 0 amide bonds. The molecule has 0 aliphatic rings. The summed E-state index contributed by atoms with van der Waals surface area (Å²) in [6, 6.07) is 10.3. The molecule has 0 bridgehead atoms. The number of esters is 1. The molecule has 0 spiro atoms. The Morgan fingerprint density at radius 3 is 2.25 bits per heavy atom. The lowest BCUT2D eigenvalue weighted by Gasteiger charge is -2.14. The average Bonchev–Trinajstić information content (AvgIpc) is 2.56. The van der Waals surface area contributed by atoms with E-state index >= 15 is 0 Å². The van der Waals surface area contributed by atoms with Crippen LogP contribution in [0.25, 0.3) is 0 Å². The summed E-state index contributed by atoms with van der Waals surface area (Å²) in [5.74, 6) is -0.159. The van der Waals surface area contributed by atoms with E-state index in [0.717, 1.165) is 11.1 Å². The third-order valence-corrected chi connectivity index (χ3v) is 4.45. The van der Waals surface area contributed by atoms with Crippen molar-refractivity contribution in [1.29, 1.82) is 0 Å². The minimum Gasteiger partial charge on any atom is -0.496 e. The van der Waals surface area contributed by atoms with Crippen molar-refractivity contribution in [1.82, 2.24) is 0 Å². The molecule has 2 rings (SSSR count). The molecular weight excluding hydrogens is 372 g/mol. The average molecular weight is 391 g/mol. The van der Waals surface area contributed by atoms with Crippen molar-refractivity contribution in [3.05, 3.63) is 63.1 Å². The highest BCUT2D eigenvalue weighted by Gasteiger charge is 2.21. The maximum atomic E-state index is 12.4. The van der Waals surface area contributed by atoms with Gasteiger partial charge in [-0.2, -0.15) is 0 Å². The standard InChI is InChI=1S/C19H19BrO4/c1-11-5-6-14(9-12(11)2)18(21)13(3)24-19(22)15-7-8-17(23-4)16(20)10-15/h5-10,13H,1-4H3/t13-/m1/s1. The fourth-order valence-corrected chi connectivity index (χ4v) is 2.75. The van der Waals surface area contributed by atoms with E-state index in [9.17, 15) is 9.59 Å². The number of benzene rings is 2. The van der Waals surface area contributed by atoms with E-state index in [4.69, 9.17) is 9.47 Å². The van der Waals surface area contributed by atoms with Gasteiger partial charge >= 0.3 is 5.97 Å². The monoisotopic (exact) mass is 390 g/mol. The Morgan fingerprint density at radius 1 is 1.00 bits per heavy atom. The number of hydrogen-bond acceptors (Lipinski definition) is 4. The van der Waals surface area contributed by atoms with Crippen LogP contribution in [0, 0.1) is 13.8 Å². The van der Waals surface area contributed by atoms with Gasteiger partial charge in [0, 0.05) is 5.56 Å². The molecule has 0 fully saturated rings. The first-order chi connectivity index (χ1) is 11.3. The summed E-state index contributed by atoms with van der Waals surface area (Å²) >= 11 is 3.32. The predicted octanol–water partition coefficient (Wildman–Crippen LogP) is 4.50. The van der Waals surface area contributed by atoms with Crippen LogP contribution in [0.2, 0.25) is 0 Å². The number of ketones is 1. The first-order valence-corrected chi connectivity index (χ1v) is 8.28. The van der Waals surface area contributed by atoms with Gasteiger partial charge in [0.25, 0.3) is 0 Å². The van der Waals surface area contributed by atoms with Crippen molar-refractivity contribution >= 4 is 27.7 Å². The van der Waals surface area contributed by atoms with Crippen LogP contribution in [-0.4, -0.2) is 25.0 Å². The summed E-state index contributed by atoms with van der Waals surface area (Å²) in [5.41, 5.74) is 3.02. The molecule has 126 valence electrons. The van der Waals surface area contributed by atoms with Crippen LogP contribution >= 0.6 is 15.9 Å². The van der Waals surface area contributed by atoms with Gasteiger partial charge in [0.05, 0.1) is 17.1 Å². The van der Waals surface area contributed by atoms with Gasteiger partial charge in [-0.3, -0.25) is 4.79 Å². The van der Waals surface area contributed by atoms with Crippen LogP contribution in [0.1, 0.15) is 38.8 Å². The quantitative estimate of drug-likeness (QED) is 0.556. The molecule has 0 radical (unpaired) electrons. The maximum absolute atomic E-state index is 12.4. The lowest BCUT2D eigenvalue weighted by molar-refractivity contribution is 0.0318. The molecule has 0 heterocycles. The summed E-state index contributed by atoms with van der Waals surface area (Å²) in [6.07, 6.45) is -0.861. The van der Waals surface area contributed by atoms with E-state index in [1.165, 1.54) is 0 Å². The summed E-state index contributed by atoms with van der Waals surface area (Å²) < 4.78 is 11.1. The fourth-order valence-electron chi connectivity index (χ4n) is 2.20. The smallest absolute Gasteiger partial charge is 0.338 e. The van der Waals surface area contributed by atoms with Crippen LogP contribution in [-0.2, 0) is 4.74 Å². The number of halogens is 1. The van der Waals surface area contributed by atoms with Gasteiger partial charge in [-0.15, -0.1) is 0 Å². The molecule has 0 aliphatic carbocycles. The van der Waals surface area contributed by atoms with Crippen molar-refractivity contribution in [2.75, 3.05) is 7.11 Å². The highest BCUT2D eigenvalue weighted by molar-refractivity contribution is 9.10. The van der Waals surface area contributed by atoms with Crippen molar-refractivity contribution in [2.45, 2.75) is 26.9 Å². The Bertz CT molecular complexity index is 783. The molecule has 0 N–H and O–H groups in total. The third kappa shape index (κ3) is 4.03. The first-order valence-electron chi connectivity index (χ1n) is 7.49. The Hall–Kier alpha value is -2.14. The molecule has 5 heteroatoms. The summed E-state index contributed by atoms with van der Waals surface area (Å²) in [5, 5.41) is 0. The molecule has 4 nitrogen and oxygen atoms in total. The van der Waals surface area contributed by atoms with Crippen LogP contribution in [0.5, 0.6) is 5.75 Å². The molecule has 2 aromatic rings. The molecular formula is C19H19BrO4. The SMILES string of the molecule is COc1ccc(C(=O)O[C@H](C)C(=O)c2ccc(C)c(C)c2)cc1Br. The number of methoxy groups -OCH3 is 1. The molecule has 0 aromatic heterocycles. The molecule has 0 saturated carbocycles. The number of carbonyl (C=O) groups is 2. The van der Waals surface area contributed by atoms with Gasteiger partial charge in [-0.1, -0.05) is 12.1 Å². The molecule has 2 aromatic carbocycles. The number of rotatable bonds is 5. The Morgan fingerprint density at radius 2 is 1.67 bits per heavy atom. The van der Waals surface area contributed by atoms with Gasteiger partial charge in [0.15, 0.2) is 6.10 Å². The van der Waals surface area contributed by atoms with Gasteiger partial charge in [-0.25, -0.2) is 4.79 Å². The Labute approximate surface area is 149 Å². The van der Waals surface area contributed by atoms with E-state index in [1.807, 2.05) is 26.0 Å². The Kier molecular flexibility index (Phi) is 5.78. The molecule has 1 atom stereocenters. The van der Waals surface area contributed by atoms with Crippen LogP contribution in [0.15, 0.2) is 40.9 Å². The number of carbonyl (C=O) groups excluding carboxylic acids is 2. The van der Waals surface area contributed by atoms with E-state index < -0.39 is 12.1 Å². The minimum absolute atomic E-state index is 0.223. The van der Waals surface area contributed by atoms with E-state index in [0.29, 0.717) is 21.3 Å². The topological polar surface area (TPSA) is 52.6 Å². The normalized spacial score (nSPS) is 11.7. The molecule has 0 saturated heterocycles. The zero-order valence-electron chi connectivity index (χ0n) is 14.1. The zero-order chi connectivity index (χ0) is 17.9. The predicted molar refractivity (Wildman–Crippen MR) is 95.8 cm³/mol. The van der Waals surface area contributed by atoms with Gasteiger partial charge in [0.1, 0.15) is 5.75 Å². The van der Waals surface area contributed by atoms with E-state index in [-0.39, 0.29) is 5.78 Å². The molecule has 0 aliphatic heterocycles. The van der Waals surface area contributed by atoms with Crippen LogP contribution in [0.4, 0.5) is 0 Å². The highest BCUT2D eigenvalue weighted by atomic mass is 79.9. The van der Waals surface area contributed by atoms with Crippen molar-refractivity contribution in [3.63, 3.8) is 0 Å². The van der Waals surface area contributed by atoms with Gasteiger partial charge in [-0.05, 0) is 72.1 Å². The third-order valence-electron chi connectivity index (χ3n) is 3.83. The second-order valence-electron chi connectivity index (χ2n) is 5.56. The number of aryl methyl sites for hydroxylation is 2. The maximum Gasteiger partial charge on any atom is 0.338 e. The second kappa shape index (κ2) is 7.62. The highest BCUT2D eigenvalue weighted by Crippen LogP contribution is 2.26. The van der Waals surface area contributed by atoms with Crippen molar-refractivity contribution < 1.29 is 19.1 Å². The minimum atomic E-state index is -0.861. The lowest BCUT2D eigenvalue weighted by Crippen LogP contribution is -2.24. The van der Waals surface area contributed by atoms with E-state index in [2.05, 4.69) is 15.9 Å². The molecule has 0 unspecified atom stereocenters. The Balaban J connectivity index is 2.11. The van der Waals surface area contributed by atoms with Gasteiger partial charge in [0.2, 0.25) is 5.78 Å². The van der Waals surface area contributed by atoms with Gasteiger partial charge < -0.3 is 9.47 Å². The molecule has 24 heavy (non-hydrogen) atoms. The second-order valence-corrected chi connectivity index (χ2v) is 6.41. The van der Waals surface area contributed by atoms with Crippen LogP contribution in [0.3, 0.4) is 0 Å². The number of Topliss-reactive ketones (excluding diaryl/α,β-unsaturated/α-hetero) is 1. The zero-order valence-corrected chi connectivity index (χ0v) is 15.6. The number of hydrogen-bond donors (Lipinski definition) is 0. The van der Waals surface area contributed by atoms with Crippen LogP contribution < -0.4 is 4.74 Å². The van der Waals surface area contributed by atoms with Crippen molar-refractivity contribution in [3.8, 4) is 5.75 Å². The largest absolute Gasteiger partial charge is 0.496 e. The summed E-state index contributed by atoms with van der Waals surface area (Å²) in [6.45, 7) is 5.50. The summed E-state index contributed by atoms with van der Waals surface area (Å²) in [7, 11) is 1.54. The first kappa shape index (κ1) is 18.2. The summed E-state index contributed by atoms with van der Waals surface area (Å²) in [4.78, 5) is 24.7. The fraction of sp³-hybridized carbons (Fsp3) is 0.263. The van der Waals surface area contributed by atoms with E-state index in [1.54, 1.807) is 38.3 Å². The number of ether oxygens (including phenoxy) is 2.